The Morgan fingerprint density at radius 1 is 1.27 bits per heavy atom. The normalized spacial score (nSPS) is 17.2. The van der Waals surface area contributed by atoms with Crippen LogP contribution in [0.2, 0.25) is 0 Å². The molecule has 26 heavy (non-hydrogen) atoms. The lowest BCUT2D eigenvalue weighted by Gasteiger charge is -2.23. The summed E-state index contributed by atoms with van der Waals surface area (Å²) < 4.78 is 5.60. The summed E-state index contributed by atoms with van der Waals surface area (Å²) in [6.07, 6.45) is 0.296. The lowest BCUT2D eigenvalue weighted by Crippen LogP contribution is -2.39. The summed E-state index contributed by atoms with van der Waals surface area (Å²) in [5.41, 5.74) is -0.623. The highest BCUT2D eigenvalue weighted by molar-refractivity contribution is 5.82. The Labute approximate surface area is 153 Å². The van der Waals surface area contributed by atoms with E-state index >= 15 is 0 Å². The molecule has 1 unspecified atom stereocenters. The Balaban J connectivity index is 1.74. The van der Waals surface area contributed by atoms with Gasteiger partial charge in [-0.05, 0) is 17.5 Å². The second-order valence-corrected chi connectivity index (χ2v) is 7.38. The number of hydrogen-bond donors (Lipinski definition) is 2. The molecule has 1 aromatic carbocycles. The van der Waals surface area contributed by atoms with Crippen molar-refractivity contribution >= 4 is 17.8 Å². The molecule has 2 amide bonds. The van der Waals surface area contributed by atoms with E-state index in [0.717, 1.165) is 5.75 Å². The van der Waals surface area contributed by atoms with Crippen molar-refractivity contribution in [3.63, 3.8) is 0 Å². The van der Waals surface area contributed by atoms with Crippen molar-refractivity contribution in [1.82, 2.24) is 10.2 Å². The van der Waals surface area contributed by atoms with Crippen molar-refractivity contribution in [3.8, 4) is 5.75 Å². The van der Waals surface area contributed by atoms with Crippen LogP contribution < -0.4 is 10.1 Å². The number of likely N-dealkylation sites (tertiary alicyclic amines) is 1. The number of benzene rings is 1. The molecule has 1 aliphatic heterocycles. The van der Waals surface area contributed by atoms with Gasteiger partial charge in [0, 0.05) is 19.4 Å². The summed E-state index contributed by atoms with van der Waals surface area (Å²) in [5, 5.41) is 11.7. The number of carboxylic acid groups (broad SMARTS) is 1. The predicted molar refractivity (Wildman–Crippen MR) is 95.7 cm³/mol. The molecule has 0 radical (unpaired) electrons. The molecule has 2 rings (SSSR count). The van der Waals surface area contributed by atoms with Gasteiger partial charge < -0.3 is 20.1 Å². The van der Waals surface area contributed by atoms with E-state index in [1.165, 1.54) is 0 Å². The number of amides is 2. The third-order valence-corrected chi connectivity index (χ3v) is 4.22. The molecular formula is C19H26N2O5. The molecule has 7 heteroatoms. The summed E-state index contributed by atoms with van der Waals surface area (Å²) in [5.74, 6) is -0.415. The Kier molecular flexibility index (Phi) is 6.60. The fraction of sp³-hybridized carbons (Fsp3) is 0.526. The molecule has 1 atom stereocenters. The molecule has 142 valence electrons. The number of rotatable bonds is 9. The standard InChI is InChI=1S/C19H26N2O5/c1-19(2,12-18(24)25)11-16(22)20-14-10-17(23)21(13-14)8-9-26-15-6-4-3-5-7-15/h3-7,14H,8-13H2,1-2H3,(H,20,22)(H,24,25). The fourth-order valence-electron chi connectivity index (χ4n) is 3.06. The second-order valence-electron chi connectivity index (χ2n) is 7.38. The number of ether oxygens (including phenoxy) is 1. The number of hydrogen-bond acceptors (Lipinski definition) is 4. The van der Waals surface area contributed by atoms with Crippen molar-refractivity contribution in [2.45, 2.75) is 39.2 Å². The summed E-state index contributed by atoms with van der Waals surface area (Å²) in [6, 6.07) is 9.14. The quantitative estimate of drug-likeness (QED) is 0.697. The van der Waals surface area contributed by atoms with Gasteiger partial charge in [0.2, 0.25) is 11.8 Å². The average molecular weight is 362 g/mol. The van der Waals surface area contributed by atoms with E-state index in [9.17, 15) is 14.4 Å². The van der Waals surface area contributed by atoms with Crippen LogP contribution in [0.3, 0.4) is 0 Å². The van der Waals surface area contributed by atoms with Gasteiger partial charge in [0.25, 0.3) is 0 Å². The first-order valence-electron chi connectivity index (χ1n) is 8.72. The maximum absolute atomic E-state index is 12.1. The van der Waals surface area contributed by atoms with Crippen molar-refractivity contribution < 1.29 is 24.2 Å². The minimum Gasteiger partial charge on any atom is -0.492 e. The van der Waals surface area contributed by atoms with E-state index in [2.05, 4.69) is 5.32 Å². The van der Waals surface area contributed by atoms with E-state index < -0.39 is 11.4 Å². The first kappa shape index (κ1) is 19.8. The molecule has 2 N–H and O–H groups in total. The molecule has 1 aliphatic rings. The van der Waals surface area contributed by atoms with Crippen molar-refractivity contribution in [3.05, 3.63) is 30.3 Å². The second kappa shape index (κ2) is 8.69. The van der Waals surface area contributed by atoms with Crippen molar-refractivity contribution in [1.29, 1.82) is 0 Å². The number of para-hydroxylation sites is 1. The van der Waals surface area contributed by atoms with E-state index in [1.54, 1.807) is 18.7 Å². The van der Waals surface area contributed by atoms with Crippen LogP contribution in [0.15, 0.2) is 30.3 Å². The van der Waals surface area contributed by atoms with Crippen molar-refractivity contribution in [2.75, 3.05) is 19.7 Å². The van der Waals surface area contributed by atoms with Crippen LogP contribution >= 0.6 is 0 Å². The summed E-state index contributed by atoms with van der Waals surface area (Å²) in [7, 11) is 0. The zero-order valence-corrected chi connectivity index (χ0v) is 15.2. The van der Waals surface area contributed by atoms with Crippen LogP contribution in [0.1, 0.15) is 33.1 Å². The number of carbonyl (C=O) groups is 3. The SMILES string of the molecule is CC(C)(CC(=O)O)CC(=O)NC1CC(=O)N(CCOc2ccccc2)C1. The van der Waals surface area contributed by atoms with Gasteiger partial charge in [0.1, 0.15) is 12.4 Å². The highest BCUT2D eigenvalue weighted by Gasteiger charge is 2.32. The van der Waals surface area contributed by atoms with Crippen LogP contribution in [0, 0.1) is 5.41 Å². The Morgan fingerprint density at radius 3 is 2.62 bits per heavy atom. The van der Waals surface area contributed by atoms with Gasteiger partial charge in [0.05, 0.1) is 19.0 Å². The maximum atomic E-state index is 12.1. The van der Waals surface area contributed by atoms with Crippen molar-refractivity contribution in [2.24, 2.45) is 5.41 Å². The van der Waals surface area contributed by atoms with Gasteiger partial charge in [-0.1, -0.05) is 32.0 Å². The van der Waals surface area contributed by atoms with E-state index in [1.807, 2.05) is 30.3 Å². The molecule has 7 nitrogen and oxygen atoms in total. The van der Waals surface area contributed by atoms with Gasteiger partial charge in [0.15, 0.2) is 0 Å². The molecule has 0 aromatic heterocycles. The van der Waals surface area contributed by atoms with E-state index in [0.29, 0.717) is 19.7 Å². The molecule has 1 saturated heterocycles. The number of carbonyl (C=O) groups excluding carboxylic acids is 2. The van der Waals surface area contributed by atoms with Crippen LogP contribution in [-0.4, -0.2) is 53.5 Å². The fourth-order valence-corrected chi connectivity index (χ4v) is 3.06. The third-order valence-electron chi connectivity index (χ3n) is 4.22. The predicted octanol–water partition coefficient (Wildman–Crippen LogP) is 1.67. The Bertz CT molecular complexity index is 645. The Morgan fingerprint density at radius 2 is 1.96 bits per heavy atom. The number of nitrogens with one attached hydrogen (secondary N) is 1. The lowest BCUT2D eigenvalue weighted by molar-refractivity contribution is -0.139. The highest BCUT2D eigenvalue weighted by Crippen LogP contribution is 2.25. The largest absolute Gasteiger partial charge is 0.492 e. The van der Waals surface area contributed by atoms with E-state index in [4.69, 9.17) is 9.84 Å². The summed E-state index contributed by atoms with van der Waals surface area (Å²) in [4.78, 5) is 36.7. The molecule has 0 aliphatic carbocycles. The molecule has 0 saturated carbocycles. The molecule has 1 aromatic rings. The maximum Gasteiger partial charge on any atom is 0.303 e. The van der Waals surface area contributed by atoms with Gasteiger partial charge in [-0.2, -0.15) is 0 Å². The van der Waals surface area contributed by atoms with Gasteiger partial charge in [-0.3, -0.25) is 14.4 Å². The molecule has 0 bridgehead atoms. The molecule has 1 heterocycles. The molecular weight excluding hydrogens is 336 g/mol. The monoisotopic (exact) mass is 362 g/mol. The minimum atomic E-state index is -0.927. The first-order valence-corrected chi connectivity index (χ1v) is 8.72. The summed E-state index contributed by atoms with van der Waals surface area (Å²) in [6.45, 7) is 4.79. The number of carboxylic acids is 1. The van der Waals surface area contributed by atoms with Crippen LogP contribution in [0.4, 0.5) is 0 Å². The number of nitrogens with zero attached hydrogens (tertiary/aromatic N) is 1. The van der Waals surface area contributed by atoms with Crippen LogP contribution in [-0.2, 0) is 14.4 Å². The topological polar surface area (TPSA) is 95.9 Å². The third kappa shape index (κ3) is 6.38. The zero-order chi connectivity index (χ0) is 19.2. The first-order chi connectivity index (χ1) is 12.2. The number of aliphatic carboxylic acids is 1. The van der Waals surface area contributed by atoms with Gasteiger partial charge in [-0.25, -0.2) is 0 Å². The van der Waals surface area contributed by atoms with E-state index in [-0.39, 0.29) is 37.1 Å². The minimum absolute atomic E-state index is 0.0169. The lowest BCUT2D eigenvalue weighted by atomic mass is 9.85. The molecule has 0 spiro atoms. The van der Waals surface area contributed by atoms with Crippen LogP contribution in [0.5, 0.6) is 5.75 Å². The highest BCUT2D eigenvalue weighted by atomic mass is 16.5. The zero-order valence-electron chi connectivity index (χ0n) is 15.2. The Hall–Kier alpha value is -2.57. The average Bonchev–Trinajstić information content (AvgIpc) is 2.85. The van der Waals surface area contributed by atoms with Gasteiger partial charge in [-0.15, -0.1) is 0 Å². The smallest absolute Gasteiger partial charge is 0.303 e. The summed E-state index contributed by atoms with van der Waals surface area (Å²) >= 11 is 0. The van der Waals surface area contributed by atoms with Gasteiger partial charge >= 0.3 is 5.97 Å². The molecule has 1 fully saturated rings. The van der Waals surface area contributed by atoms with Crippen LogP contribution in [0.25, 0.3) is 0 Å².